The summed E-state index contributed by atoms with van der Waals surface area (Å²) in [5, 5.41) is 20.6. The molecule has 0 aromatic carbocycles. The van der Waals surface area contributed by atoms with Gasteiger partial charge in [-0.2, -0.15) is 0 Å². The number of β-amino-alcohol motifs (C(OH)–C–C–N with tert-alkyl or cyclic N) is 1. The fourth-order valence-electron chi connectivity index (χ4n) is 3.60. The van der Waals surface area contributed by atoms with E-state index in [2.05, 4.69) is 11.8 Å². The van der Waals surface area contributed by atoms with E-state index in [4.69, 9.17) is 0 Å². The lowest BCUT2D eigenvalue weighted by atomic mass is 9.78. The molecule has 2 atom stereocenters. The van der Waals surface area contributed by atoms with Crippen LogP contribution >= 0.6 is 0 Å². The highest BCUT2D eigenvalue weighted by molar-refractivity contribution is 4.91. The zero-order valence-corrected chi connectivity index (χ0v) is 11.9. The summed E-state index contributed by atoms with van der Waals surface area (Å²) >= 11 is 0. The van der Waals surface area contributed by atoms with Crippen molar-refractivity contribution in [2.24, 2.45) is 5.92 Å². The summed E-state index contributed by atoms with van der Waals surface area (Å²) in [7, 11) is 0. The molecule has 18 heavy (non-hydrogen) atoms. The lowest BCUT2D eigenvalue weighted by Crippen LogP contribution is -2.53. The number of nitrogens with zero attached hydrogens (tertiary/aromatic N) is 1. The molecule has 2 rings (SSSR count). The second-order valence-electron chi connectivity index (χ2n) is 6.68. The molecule has 3 heteroatoms. The van der Waals surface area contributed by atoms with E-state index in [0.29, 0.717) is 0 Å². The normalized spacial score (nSPS) is 40.7. The number of aliphatic hydroxyl groups excluding tert-OH is 1. The maximum atomic E-state index is 10.7. The number of aliphatic hydroxyl groups is 2. The van der Waals surface area contributed by atoms with E-state index < -0.39 is 5.60 Å². The Labute approximate surface area is 111 Å². The van der Waals surface area contributed by atoms with Gasteiger partial charge in [0.25, 0.3) is 0 Å². The highest BCUT2D eigenvalue weighted by atomic mass is 16.3. The van der Waals surface area contributed by atoms with Gasteiger partial charge >= 0.3 is 0 Å². The molecule has 106 valence electrons. The first kappa shape index (κ1) is 14.3. The molecular weight excluding hydrogens is 226 g/mol. The Kier molecular flexibility index (Phi) is 4.68. The Morgan fingerprint density at radius 2 is 1.89 bits per heavy atom. The number of hydrogen-bond donors (Lipinski definition) is 2. The average Bonchev–Trinajstić information content (AvgIpc) is 2.34. The summed E-state index contributed by atoms with van der Waals surface area (Å²) in [6.45, 7) is 5.96. The highest BCUT2D eigenvalue weighted by Gasteiger charge is 2.37. The molecule has 0 bridgehead atoms. The monoisotopic (exact) mass is 255 g/mol. The van der Waals surface area contributed by atoms with Crippen LogP contribution in [0.15, 0.2) is 0 Å². The van der Waals surface area contributed by atoms with Crippen molar-refractivity contribution in [1.29, 1.82) is 0 Å². The largest absolute Gasteiger partial charge is 0.392 e. The highest BCUT2D eigenvalue weighted by Crippen LogP contribution is 2.34. The molecule has 1 aliphatic heterocycles. The molecule has 2 aliphatic rings. The second kappa shape index (κ2) is 5.89. The standard InChI is InChI=1S/C15H29NO2/c1-12-6-8-15(18,9-7-12)11-16-10-4-3-5-14(16)13(2)17/h12-14,17-18H,3-11H2,1-2H3. The molecule has 0 amide bonds. The van der Waals surface area contributed by atoms with Crippen LogP contribution in [-0.4, -0.2) is 45.9 Å². The predicted octanol–water partition coefficient (Wildman–Crippen LogP) is 2.16. The van der Waals surface area contributed by atoms with E-state index in [9.17, 15) is 10.2 Å². The minimum absolute atomic E-state index is 0.252. The quantitative estimate of drug-likeness (QED) is 0.812. The van der Waals surface area contributed by atoms with Crippen molar-refractivity contribution in [3.63, 3.8) is 0 Å². The van der Waals surface area contributed by atoms with Gasteiger partial charge in [0.2, 0.25) is 0 Å². The third-order valence-electron chi connectivity index (χ3n) is 4.92. The van der Waals surface area contributed by atoms with Crippen LogP contribution in [0.4, 0.5) is 0 Å². The number of likely N-dealkylation sites (tertiary alicyclic amines) is 1. The van der Waals surface area contributed by atoms with Crippen LogP contribution in [0.3, 0.4) is 0 Å². The van der Waals surface area contributed by atoms with Gasteiger partial charge in [0.15, 0.2) is 0 Å². The van der Waals surface area contributed by atoms with E-state index >= 15 is 0 Å². The Hall–Kier alpha value is -0.120. The first-order chi connectivity index (χ1) is 8.50. The summed E-state index contributed by atoms with van der Waals surface area (Å²) in [5.74, 6) is 0.763. The summed E-state index contributed by atoms with van der Waals surface area (Å²) in [5.41, 5.74) is -0.503. The molecule has 0 aromatic rings. The molecule has 1 heterocycles. The van der Waals surface area contributed by atoms with Crippen molar-refractivity contribution in [2.75, 3.05) is 13.1 Å². The van der Waals surface area contributed by atoms with Crippen LogP contribution in [-0.2, 0) is 0 Å². The molecule has 2 fully saturated rings. The number of rotatable bonds is 3. The van der Waals surface area contributed by atoms with Crippen LogP contribution in [0, 0.1) is 5.92 Å². The van der Waals surface area contributed by atoms with Crippen molar-refractivity contribution in [3.8, 4) is 0 Å². The molecule has 1 saturated carbocycles. The zero-order chi connectivity index (χ0) is 13.2. The van der Waals surface area contributed by atoms with E-state index in [1.54, 1.807) is 0 Å². The van der Waals surface area contributed by atoms with Gasteiger partial charge in [-0.25, -0.2) is 0 Å². The van der Waals surface area contributed by atoms with E-state index in [1.807, 2.05) is 6.92 Å². The Bertz CT molecular complexity index is 259. The van der Waals surface area contributed by atoms with Gasteiger partial charge in [-0.3, -0.25) is 4.90 Å². The maximum absolute atomic E-state index is 10.7. The van der Waals surface area contributed by atoms with Crippen molar-refractivity contribution >= 4 is 0 Å². The fraction of sp³-hybridized carbons (Fsp3) is 1.00. The van der Waals surface area contributed by atoms with Crippen molar-refractivity contribution < 1.29 is 10.2 Å². The Morgan fingerprint density at radius 3 is 2.50 bits per heavy atom. The molecule has 2 N–H and O–H groups in total. The maximum Gasteiger partial charge on any atom is 0.0774 e. The zero-order valence-electron chi connectivity index (χ0n) is 11.9. The summed E-state index contributed by atoms with van der Waals surface area (Å²) in [4.78, 5) is 2.34. The van der Waals surface area contributed by atoms with Crippen molar-refractivity contribution in [1.82, 2.24) is 4.90 Å². The predicted molar refractivity (Wildman–Crippen MR) is 73.5 cm³/mol. The lowest BCUT2D eigenvalue weighted by molar-refractivity contribution is -0.0647. The van der Waals surface area contributed by atoms with Crippen molar-refractivity contribution in [3.05, 3.63) is 0 Å². The first-order valence-corrected chi connectivity index (χ1v) is 7.65. The molecular formula is C15H29NO2. The third-order valence-corrected chi connectivity index (χ3v) is 4.92. The number of piperidine rings is 1. The minimum Gasteiger partial charge on any atom is -0.392 e. The molecule has 2 unspecified atom stereocenters. The fourth-order valence-corrected chi connectivity index (χ4v) is 3.60. The molecule has 1 aliphatic carbocycles. The van der Waals surface area contributed by atoms with Gasteiger partial charge in [-0.1, -0.05) is 13.3 Å². The van der Waals surface area contributed by atoms with Crippen LogP contribution in [0.2, 0.25) is 0 Å². The van der Waals surface area contributed by atoms with Gasteiger partial charge in [0.1, 0.15) is 0 Å². The first-order valence-electron chi connectivity index (χ1n) is 7.65. The smallest absolute Gasteiger partial charge is 0.0774 e. The molecule has 0 aromatic heterocycles. The summed E-state index contributed by atoms with van der Waals surface area (Å²) < 4.78 is 0. The molecule has 0 spiro atoms. The summed E-state index contributed by atoms with van der Waals surface area (Å²) in [6.07, 6.45) is 7.35. The van der Waals surface area contributed by atoms with Crippen LogP contribution in [0.1, 0.15) is 58.8 Å². The topological polar surface area (TPSA) is 43.7 Å². The van der Waals surface area contributed by atoms with Gasteiger partial charge in [-0.15, -0.1) is 0 Å². The molecule has 1 saturated heterocycles. The Balaban J connectivity index is 1.94. The lowest BCUT2D eigenvalue weighted by Gasteiger charge is -2.44. The van der Waals surface area contributed by atoms with Gasteiger partial charge in [0.05, 0.1) is 11.7 Å². The average molecular weight is 255 g/mol. The second-order valence-corrected chi connectivity index (χ2v) is 6.68. The molecule has 0 radical (unpaired) electrons. The van der Waals surface area contributed by atoms with Crippen LogP contribution in [0.25, 0.3) is 0 Å². The van der Waals surface area contributed by atoms with E-state index in [1.165, 1.54) is 12.8 Å². The number of hydrogen-bond acceptors (Lipinski definition) is 3. The summed E-state index contributed by atoms with van der Waals surface area (Å²) in [6, 6.07) is 0.252. The van der Waals surface area contributed by atoms with Gasteiger partial charge in [0, 0.05) is 12.6 Å². The SMILES string of the molecule is CC1CCC(O)(CN2CCCCC2C(C)O)CC1. The van der Waals surface area contributed by atoms with E-state index in [0.717, 1.165) is 51.1 Å². The third kappa shape index (κ3) is 3.46. The van der Waals surface area contributed by atoms with Gasteiger partial charge < -0.3 is 10.2 Å². The minimum atomic E-state index is -0.503. The van der Waals surface area contributed by atoms with E-state index in [-0.39, 0.29) is 12.1 Å². The van der Waals surface area contributed by atoms with Crippen molar-refractivity contribution in [2.45, 2.75) is 76.5 Å². The van der Waals surface area contributed by atoms with Gasteiger partial charge in [-0.05, 0) is 57.9 Å². The molecule has 3 nitrogen and oxygen atoms in total. The van der Waals surface area contributed by atoms with Crippen LogP contribution < -0.4 is 0 Å². The van der Waals surface area contributed by atoms with Crippen LogP contribution in [0.5, 0.6) is 0 Å². The Morgan fingerprint density at radius 1 is 1.22 bits per heavy atom.